The van der Waals surface area contributed by atoms with E-state index in [1.165, 1.54) is 6.42 Å². The van der Waals surface area contributed by atoms with Crippen molar-refractivity contribution in [1.29, 1.82) is 0 Å². The lowest BCUT2D eigenvalue weighted by molar-refractivity contribution is -0.128. The zero-order valence-electron chi connectivity index (χ0n) is 10.00. The Morgan fingerprint density at radius 2 is 2.25 bits per heavy atom. The average molecular weight is 226 g/mol. The number of nitrogens with one attached hydrogen (secondary N) is 1. The Balaban J connectivity index is 1.75. The van der Waals surface area contributed by atoms with Gasteiger partial charge in [0.15, 0.2) is 0 Å². The van der Waals surface area contributed by atoms with Gasteiger partial charge in [0.25, 0.3) is 0 Å². The summed E-state index contributed by atoms with van der Waals surface area (Å²) < 4.78 is 5.47. The lowest BCUT2D eigenvalue weighted by atomic mass is 9.80. The van der Waals surface area contributed by atoms with Crippen molar-refractivity contribution >= 4 is 5.91 Å². The highest BCUT2D eigenvalue weighted by Crippen LogP contribution is 2.34. The Morgan fingerprint density at radius 3 is 2.69 bits per heavy atom. The maximum Gasteiger partial charge on any atom is 0.223 e. The molecule has 2 aliphatic rings. The molecular formula is C12H22N2O2. The summed E-state index contributed by atoms with van der Waals surface area (Å²) in [4.78, 5) is 11.9. The van der Waals surface area contributed by atoms with Crippen LogP contribution >= 0.6 is 0 Å². The molecule has 0 bridgehead atoms. The van der Waals surface area contributed by atoms with Crippen molar-refractivity contribution in [2.45, 2.75) is 50.2 Å². The number of rotatable bonds is 4. The third-order valence-electron chi connectivity index (χ3n) is 4.13. The minimum atomic E-state index is -0.0730. The monoisotopic (exact) mass is 226 g/mol. The number of amides is 1. The number of methoxy groups -OCH3 is 1. The number of nitrogens with two attached hydrogens (primary N) is 1. The quantitative estimate of drug-likeness (QED) is 0.745. The van der Waals surface area contributed by atoms with Crippen LogP contribution in [0.3, 0.4) is 0 Å². The van der Waals surface area contributed by atoms with E-state index < -0.39 is 0 Å². The first-order valence-corrected chi connectivity index (χ1v) is 6.24. The molecule has 0 saturated heterocycles. The third-order valence-corrected chi connectivity index (χ3v) is 4.13. The highest BCUT2D eigenvalue weighted by molar-refractivity contribution is 5.79. The van der Waals surface area contributed by atoms with E-state index in [1.807, 2.05) is 0 Å². The van der Waals surface area contributed by atoms with Crippen LogP contribution in [-0.4, -0.2) is 31.2 Å². The Bertz CT molecular complexity index is 258. The highest BCUT2D eigenvalue weighted by Gasteiger charge is 2.38. The van der Waals surface area contributed by atoms with E-state index in [0.717, 1.165) is 32.1 Å². The van der Waals surface area contributed by atoms with Gasteiger partial charge in [-0.3, -0.25) is 4.79 Å². The van der Waals surface area contributed by atoms with Crippen LogP contribution in [0.25, 0.3) is 0 Å². The predicted molar refractivity (Wildman–Crippen MR) is 61.9 cm³/mol. The van der Waals surface area contributed by atoms with E-state index in [2.05, 4.69) is 5.32 Å². The fourth-order valence-corrected chi connectivity index (χ4v) is 2.67. The summed E-state index contributed by atoms with van der Waals surface area (Å²) in [7, 11) is 1.73. The molecule has 3 N–H and O–H groups in total. The molecule has 2 aliphatic carbocycles. The van der Waals surface area contributed by atoms with Crippen molar-refractivity contribution in [2.24, 2.45) is 11.7 Å². The number of ether oxygens (including phenoxy) is 1. The van der Waals surface area contributed by atoms with Crippen LogP contribution in [0.5, 0.6) is 0 Å². The zero-order chi connectivity index (χ0) is 11.6. The second-order valence-electron chi connectivity index (χ2n) is 5.23. The van der Waals surface area contributed by atoms with Gasteiger partial charge in [0.1, 0.15) is 0 Å². The van der Waals surface area contributed by atoms with Crippen LogP contribution in [0, 0.1) is 5.92 Å². The Kier molecular flexibility index (Phi) is 3.50. The molecule has 2 atom stereocenters. The lowest BCUT2D eigenvalue weighted by Crippen LogP contribution is -2.50. The van der Waals surface area contributed by atoms with E-state index in [4.69, 9.17) is 10.5 Å². The molecule has 2 unspecified atom stereocenters. The Labute approximate surface area is 96.9 Å². The Hall–Kier alpha value is -0.610. The van der Waals surface area contributed by atoms with E-state index in [1.54, 1.807) is 7.11 Å². The van der Waals surface area contributed by atoms with Crippen LogP contribution < -0.4 is 11.1 Å². The molecule has 0 aromatic heterocycles. The van der Waals surface area contributed by atoms with Crippen molar-refractivity contribution in [1.82, 2.24) is 5.32 Å². The average Bonchev–Trinajstić information content (AvgIpc) is 2.64. The predicted octanol–water partition coefficient (Wildman–Crippen LogP) is 0.799. The molecule has 0 aromatic carbocycles. The maximum absolute atomic E-state index is 11.9. The molecule has 2 saturated carbocycles. The first-order chi connectivity index (χ1) is 7.65. The van der Waals surface area contributed by atoms with Gasteiger partial charge in [-0.05, 0) is 38.5 Å². The summed E-state index contributed by atoms with van der Waals surface area (Å²) in [5, 5.41) is 3.02. The maximum atomic E-state index is 11.9. The molecule has 0 spiro atoms. The van der Waals surface area contributed by atoms with Gasteiger partial charge in [0.2, 0.25) is 5.91 Å². The smallest absolute Gasteiger partial charge is 0.223 e. The molecule has 0 aliphatic heterocycles. The van der Waals surface area contributed by atoms with Crippen LogP contribution in [0.2, 0.25) is 0 Å². The van der Waals surface area contributed by atoms with E-state index in [0.29, 0.717) is 6.54 Å². The molecule has 1 amide bonds. The topological polar surface area (TPSA) is 64.3 Å². The molecular weight excluding hydrogens is 204 g/mol. The summed E-state index contributed by atoms with van der Waals surface area (Å²) >= 11 is 0. The van der Waals surface area contributed by atoms with Crippen molar-refractivity contribution in [3.05, 3.63) is 0 Å². The number of carbonyl (C=O) groups is 1. The SMILES string of the molecule is COC1(CNC(=O)C2CCC(N)C2)CCC1. The minimum Gasteiger partial charge on any atom is -0.376 e. The summed E-state index contributed by atoms with van der Waals surface area (Å²) in [6.07, 6.45) is 6.09. The molecule has 0 aromatic rings. The zero-order valence-corrected chi connectivity index (χ0v) is 10.00. The number of carbonyl (C=O) groups excluding carboxylic acids is 1. The fraction of sp³-hybridized carbons (Fsp3) is 0.917. The molecule has 4 nitrogen and oxygen atoms in total. The molecule has 2 fully saturated rings. The Morgan fingerprint density at radius 1 is 1.50 bits per heavy atom. The summed E-state index contributed by atoms with van der Waals surface area (Å²) in [5.74, 6) is 0.292. The first-order valence-electron chi connectivity index (χ1n) is 6.24. The van der Waals surface area contributed by atoms with Gasteiger partial charge < -0.3 is 15.8 Å². The molecule has 2 rings (SSSR count). The largest absolute Gasteiger partial charge is 0.376 e. The summed E-state index contributed by atoms with van der Waals surface area (Å²) in [6.45, 7) is 0.661. The van der Waals surface area contributed by atoms with Crippen molar-refractivity contribution in [3.63, 3.8) is 0 Å². The molecule has 0 heterocycles. The first kappa shape index (κ1) is 11.9. The van der Waals surface area contributed by atoms with Crippen molar-refractivity contribution in [3.8, 4) is 0 Å². The third kappa shape index (κ3) is 2.38. The van der Waals surface area contributed by atoms with Crippen LogP contribution in [0.1, 0.15) is 38.5 Å². The fourth-order valence-electron chi connectivity index (χ4n) is 2.67. The van der Waals surface area contributed by atoms with Gasteiger partial charge in [0.05, 0.1) is 5.60 Å². The van der Waals surface area contributed by atoms with Gasteiger partial charge in [-0.25, -0.2) is 0 Å². The van der Waals surface area contributed by atoms with Gasteiger partial charge in [-0.15, -0.1) is 0 Å². The van der Waals surface area contributed by atoms with Gasteiger partial charge in [-0.1, -0.05) is 0 Å². The summed E-state index contributed by atoms with van der Waals surface area (Å²) in [5.41, 5.74) is 5.73. The van der Waals surface area contributed by atoms with E-state index >= 15 is 0 Å². The molecule has 92 valence electrons. The molecule has 16 heavy (non-hydrogen) atoms. The molecule has 0 radical (unpaired) electrons. The lowest BCUT2D eigenvalue weighted by Gasteiger charge is -2.40. The van der Waals surface area contributed by atoms with Gasteiger partial charge in [-0.2, -0.15) is 0 Å². The second kappa shape index (κ2) is 4.72. The number of hydrogen-bond acceptors (Lipinski definition) is 3. The number of hydrogen-bond donors (Lipinski definition) is 2. The van der Waals surface area contributed by atoms with E-state index in [-0.39, 0.29) is 23.5 Å². The van der Waals surface area contributed by atoms with Crippen LogP contribution in [0.15, 0.2) is 0 Å². The van der Waals surface area contributed by atoms with Crippen molar-refractivity contribution < 1.29 is 9.53 Å². The normalized spacial score (nSPS) is 32.1. The van der Waals surface area contributed by atoms with Gasteiger partial charge >= 0.3 is 0 Å². The molecule has 4 heteroatoms. The van der Waals surface area contributed by atoms with Crippen LogP contribution in [-0.2, 0) is 9.53 Å². The standard InChI is InChI=1S/C12H22N2O2/c1-16-12(5-2-6-12)8-14-11(15)9-3-4-10(13)7-9/h9-10H,2-8,13H2,1H3,(H,14,15). The second-order valence-corrected chi connectivity index (χ2v) is 5.23. The summed E-state index contributed by atoms with van der Waals surface area (Å²) in [6, 6.07) is 0.218. The highest BCUT2D eigenvalue weighted by atomic mass is 16.5. The van der Waals surface area contributed by atoms with Crippen LogP contribution in [0.4, 0.5) is 0 Å². The minimum absolute atomic E-state index is 0.0730. The van der Waals surface area contributed by atoms with Gasteiger partial charge in [0, 0.05) is 25.6 Å². The van der Waals surface area contributed by atoms with E-state index in [9.17, 15) is 4.79 Å². The van der Waals surface area contributed by atoms with Crippen molar-refractivity contribution in [2.75, 3.05) is 13.7 Å².